The number of rotatable bonds is 3. The number of halogens is 1. The summed E-state index contributed by atoms with van der Waals surface area (Å²) in [5, 5.41) is 11.8. The minimum Gasteiger partial charge on any atom is -0.289 e. The van der Waals surface area contributed by atoms with E-state index in [9.17, 15) is 14.9 Å². The van der Waals surface area contributed by atoms with E-state index in [1.807, 2.05) is 18.2 Å². The summed E-state index contributed by atoms with van der Waals surface area (Å²) in [6.45, 7) is 0. The van der Waals surface area contributed by atoms with Crippen molar-refractivity contribution in [2.45, 2.75) is 19.3 Å². The van der Waals surface area contributed by atoms with Gasteiger partial charge < -0.3 is 0 Å². The van der Waals surface area contributed by atoms with Crippen molar-refractivity contribution in [3.8, 4) is 0 Å². The van der Waals surface area contributed by atoms with Crippen LogP contribution >= 0.6 is 11.6 Å². The molecule has 126 valence electrons. The Morgan fingerprint density at radius 1 is 0.960 bits per heavy atom. The average molecular weight is 354 g/mol. The van der Waals surface area contributed by atoms with Crippen LogP contribution in [-0.4, -0.2) is 10.7 Å². The molecule has 0 radical (unpaired) electrons. The predicted molar refractivity (Wildman–Crippen MR) is 99.4 cm³/mol. The second-order valence-electron chi connectivity index (χ2n) is 5.89. The number of ketones is 1. The van der Waals surface area contributed by atoms with Crippen LogP contribution in [0.3, 0.4) is 0 Å². The molecule has 0 spiro atoms. The summed E-state index contributed by atoms with van der Waals surface area (Å²) in [5.41, 5.74) is 2.72. The molecule has 1 fully saturated rings. The first-order valence-electron chi connectivity index (χ1n) is 7.99. The van der Waals surface area contributed by atoms with Crippen LogP contribution in [0.2, 0.25) is 5.02 Å². The van der Waals surface area contributed by atoms with E-state index in [-0.39, 0.29) is 11.5 Å². The van der Waals surface area contributed by atoms with Crippen LogP contribution in [0.1, 0.15) is 30.4 Å². The van der Waals surface area contributed by atoms with E-state index >= 15 is 0 Å². The minimum atomic E-state index is -0.426. The summed E-state index contributed by atoms with van der Waals surface area (Å²) >= 11 is 5.89. The first-order valence-corrected chi connectivity index (χ1v) is 8.37. The number of nitro groups is 1. The van der Waals surface area contributed by atoms with Gasteiger partial charge in [0, 0.05) is 22.2 Å². The summed E-state index contributed by atoms with van der Waals surface area (Å²) < 4.78 is 0. The maximum Gasteiger partial charge on any atom is 0.276 e. The van der Waals surface area contributed by atoms with Crippen LogP contribution in [0.25, 0.3) is 12.2 Å². The number of benzene rings is 2. The largest absolute Gasteiger partial charge is 0.289 e. The van der Waals surface area contributed by atoms with Gasteiger partial charge in [-0.1, -0.05) is 35.9 Å². The van der Waals surface area contributed by atoms with Crippen molar-refractivity contribution < 1.29 is 9.72 Å². The summed E-state index contributed by atoms with van der Waals surface area (Å²) in [7, 11) is 0. The lowest BCUT2D eigenvalue weighted by atomic mass is 9.86. The molecule has 0 aliphatic heterocycles. The maximum atomic E-state index is 12.7. The minimum absolute atomic E-state index is 0.0107. The fourth-order valence-electron chi connectivity index (χ4n) is 2.90. The van der Waals surface area contributed by atoms with Gasteiger partial charge in [0.15, 0.2) is 5.78 Å². The highest BCUT2D eigenvalue weighted by molar-refractivity contribution is 6.30. The van der Waals surface area contributed by atoms with Gasteiger partial charge >= 0.3 is 0 Å². The zero-order valence-corrected chi connectivity index (χ0v) is 14.2. The Morgan fingerprint density at radius 3 is 2.28 bits per heavy atom. The lowest BCUT2D eigenvalue weighted by molar-refractivity contribution is -0.385. The number of allylic oxidation sites excluding steroid dienone is 2. The fraction of sp³-hybridized carbons (Fsp3) is 0.150. The first-order chi connectivity index (χ1) is 12.0. The molecule has 0 aromatic heterocycles. The zero-order chi connectivity index (χ0) is 17.8. The SMILES string of the molecule is O=C1/C(=C/c2ccc(Cl)cc2)CCC/C1=C\c1ccccc1[N+](=O)[O-]. The second-order valence-corrected chi connectivity index (χ2v) is 6.33. The number of nitrogens with zero attached hydrogens (tertiary/aromatic N) is 1. The Kier molecular flexibility index (Phi) is 5.10. The molecule has 1 aliphatic carbocycles. The van der Waals surface area contributed by atoms with Crippen LogP contribution in [-0.2, 0) is 4.79 Å². The quantitative estimate of drug-likeness (QED) is 0.417. The normalized spacial score (nSPS) is 17.9. The molecule has 3 rings (SSSR count). The monoisotopic (exact) mass is 353 g/mol. The van der Waals surface area contributed by atoms with Crippen molar-refractivity contribution in [1.29, 1.82) is 0 Å². The summed E-state index contributed by atoms with van der Waals surface area (Å²) in [5.74, 6) is -0.0423. The van der Waals surface area contributed by atoms with E-state index in [2.05, 4.69) is 0 Å². The molecular formula is C20H16ClNO3. The van der Waals surface area contributed by atoms with Gasteiger partial charge in [-0.15, -0.1) is 0 Å². The zero-order valence-electron chi connectivity index (χ0n) is 13.4. The summed E-state index contributed by atoms with van der Waals surface area (Å²) in [6, 6.07) is 13.8. The van der Waals surface area contributed by atoms with Gasteiger partial charge in [0.05, 0.1) is 10.5 Å². The predicted octanol–water partition coefficient (Wildman–Crippen LogP) is 5.47. The van der Waals surface area contributed by atoms with Crippen molar-refractivity contribution in [3.63, 3.8) is 0 Å². The topological polar surface area (TPSA) is 60.2 Å². The van der Waals surface area contributed by atoms with Gasteiger partial charge in [0.1, 0.15) is 0 Å². The van der Waals surface area contributed by atoms with Crippen LogP contribution in [0, 0.1) is 10.1 Å². The van der Waals surface area contributed by atoms with E-state index in [4.69, 9.17) is 11.6 Å². The molecule has 5 heteroatoms. The smallest absolute Gasteiger partial charge is 0.276 e. The van der Waals surface area contributed by atoms with Crippen LogP contribution in [0.5, 0.6) is 0 Å². The van der Waals surface area contributed by atoms with Crippen LogP contribution in [0.15, 0.2) is 59.7 Å². The molecule has 2 aromatic rings. The highest BCUT2D eigenvalue weighted by Gasteiger charge is 2.22. The third-order valence-electron chi connectivity index (χ3n) is 4.15. The van der Waals surface area contributed by atoms with Gasteiger partial charge in [0.2, 0.25) is 0 Å². The molecule has 0 saturated heterocycles. The fourth-order valence-corrected chi connectivity index (χ4v) is 3.03. The third-order valence-corrected chi connectivity index (χ3v) is 4.40. The molecule has 4 nitrogen and oxygen atoms in total. The van der Waals surface area contributed by atoms with Crippen molar-refractivity contribution in [3.05, 3.63) is 85.9 Å². The summed E-state index contributed by atoms with van der Waals surface area (Å²) in [4.78, 5) is 23.5. The number of para-hydroxylation sites is 1. The Labute approximate surface area is 150 Å². The molecule has 25 heavy (non-hydrogen) atoms. The lowest BCUT2D eigenvalue weighted by Gasteiger charge is -2.16. The van der Waals surface area contributed by atoms with E-state index in [1.165, 1.54) is 6.07 Å². The third kappa shape index (κ3) is 4.03. The molecule has 0 heterocycles. The van der Waals surface area contributed by atoms with Crippen molar-refractivity contribution in [2.24, 2.45) is 0 Å². The van der Waals surface area contributed by atoms with Gasteiger partial charge in [-0.3, -0.25) is 14.9 Å². The van der Waals surface area contributed by atoms with Crippen LogP contribution < -0.4 is 0 Å². The van der Waals surface area contributed by atoms with Gasteiger partial charge in [0.25, 0.3) is 5.69 Å². The van der Waals surface area contributed by atoms with E-state index < -0.39 is 4.92 Å². The molecule has 0 N–H and O–H groups in total. The average Bonchev–Trinajstić information content (AvgIpc) is 2.60. The van der Waals surface area contributed by atoms with E-state index in [0.717, 1.165) is 17.6 Å². The first kappa shape index (κ1) is 17.1. The van der Waals surface area contributed by atoms with Gasteiger partial charge in [-0.25, -0.2) is 0 Å². The maximum absolute atomic E-state index is 12.7. The summed E-state index contributed by atoms with van der Waals surface area (Å²) in [6.07, 6.45) is 5.69. The molecular weight excluding hydrogens is 338 g/mol. The molecule has 1 saturated carbocycles. The molecule has 2 aromatic carbocycles. The number of Topliss-reactive ketones (excluding diaryl/α,β-unsaturated/α-hetero) is 1. The van der Waals surface area contributed by atoms with Crippen molar-refractivity contribution in [2.75, 3.05) is 0 Å². The van der Waals surface area contributed by atoms with Gasteiger partial charge in [-0.2, -0.15) is 0 Å². The number of carbonyl (C=O) groups is 1. The Hall–Kier alpha value is -2.72. The highest BCUT2D eigenvalue weighted by atomic mass is 35.5. The molecule has 0 atom stereocenters. The number of carbonyl (C=O) groups excluding carboxylic acids is 1. The Bertz CT molecular complexity index is 882. The standard InChI is InChI=1S/C20H16ClNO3/c21-18-10-8-14(9-11-18)12-16-5-3-6-17(20(16)23)13-15-4-1-2-7-19(15)22(24)25/h1-2,4,7-13H,3,5-6H2/b16-12+,17-13+. The van der Waals surface area contributed by atoms with Gasteiger partial charge in [-0.05, 0) is 55.2 Å². The molecule has 0 unspecified atom stereocenters. The Morgan fingerprint density at radius 2 is 1.60 bits per heavy atom. The van der Waals surface area contributed by atoms with Crippen molar-refractivity contribution in [1.82, 2.24) is 0 Å². The molecule has 1 aliphatic rings. The molecule has 0 amide bonds. The second kappa shape index (κ2) is 7.45. The highest BCUT2D eigenvalue weighted by Crippen LogP contribution is 2.30. The van der Waals surface area contributed by atoms with E-state index in [0.29, 0.717) is 29.0 Å². The van der Waals surface area contributed by atoms with E-state index in [1.54, 1.807) is 36.4 Å². The Balaban J connectivity index is 1.92. The number of hydrogen-bond donors (Lipinski definition) is 0. The molecule has 0 bridgehead atoms. The van der Waals surface area contributed by atoms with Crippen LogP contribution in [0.4, 0.5) is 5.69 Å². The number of nitro benzene ring substituents is 1. The number of hydrogen-bond acceptors (Lipinski definition) is 3. The lowest BCUT2D eigenvalue weighted by Crippen LogP contribution is -2.12. The van der Waals surface area contributed by atoms with Crippen molar-refractivity contribution >= 4 is 35.2 Å².